The first-order valence-corrected chi connectivity index (χ1v) is 12.6. The molecule has 0 radical (unpaired) electrons. The molecule has 1 heterocycles. The average molecular weight is 503 g/mol. The first-order chi connectivity index (χ1) is 17.4. The molecule has 8 heteroatoms. The number of hydrogen-bond donors (Lipinski definition) is 1. The highest BCUT2D eigenvalue weighted by Gasteiger charge is 2.16. The molecule has 1 atom stereocenters. The molecule has 0 amide bonds. The van der Waals surface area contributed by atoms with Crippen molar-refractivity contribution in [3.8, 4) is 28.7 Å². The maximum Gasteiger partial charge on any atom is 0.164 e. The Balaban J connectivity index is 1.44. The number of nitrogens with zero attached hydrogens (tertiary/aromatic N) is 2. The minimum atomic E-state index is -0.648. The predicted molar refractivity (Wildman–Crippen MR) is 141 cm³/mol. The molecule has 200 valence electrons. The second-order valence-corrected chi connectivity index (χ2v) is 9.54. The molecular weight excluding hydrogens is 460 g/mol. The van der Waals surface area contributed by atoms with E-state index in [0.717, 1.165) is 42.6 Å². The lowest BCUT2D eigenvalue weighted by Crippen LogP contribution is -2.35. The van der Waals surface area contributed by atoms with E-state index in [1.165, 1.54) is 12.8 Å². The standard InChI is InChI=1S/C28H42N2O6/c1-21-10-12-30(13-11-21)14-15-35-26-8-6-22(16-27(26)33-4)18-29(2)19-23(31)20-36-24-7-9-25(32-3)28(17-24)34-5/h6-9,16-17,21,23,31H,10-15,18-20H2,1-5H3. The number of benzene rings is 2. The van der Waals surface area contributed by atoms with E-state index in [2.05, 4.69) is 16.7 Å². The van der Waals surface area contributed by atoms with Crippen LogP contribution < -0.4 is 23.7 Å². The van der Waals surface area contributed by atoms with Crippen LogP contribution in [0.5, 0.6) is 28.7 Å². The summed E-state index contributed by atoms with van der Waals surface area (Å²) in [5.41, 5.74) is 1.08. The van der Waals surface area contributed by atoms with Gasteiger partial charge in [-0.1, -0.05) is 13.0 Å². The molecule has 1 aliphatic rings. The normalized spacial score (nSPS) is 15.5. The fraction of sp³-hybridized carbons (Fsp3) is 0.571. The average Bonchev–Trinajstić information content (AvgIpc) is 2.89. The highest BCUT2D eigenvalue weighted by molar-refractivity contribution is 5.45. The molecule has 2 aromatic carbocycles. The maximum atomic E-state index is 10.5. The zero-order chi connectivity index (χ0) is 25.9. The number of likely N-dealkylation sites (tertiary alicyclic amines) is 1. The third-order valence-electron chi connectivity index (χ3n) is 6.54. The molecular formula is C28H42N2O6. The van der Waals surface area contributed by atoms with Gasteiger partial charge in [-0.15, -0.1) is 0 Å². The van der Waals surface area contributed by atoms with Gasteiger partial charge in [0.15, 0.2) is 23.0 Å². The molecule has 2 aromatic rings. The van der Waals surface area contributed by atoms with Gasteiger partial charge >= 0.3 is 0 Å². The third kappa shape index (κ3) is 8.47. The van der Waals surface area contributed by atoms with Crippen molar-refractivity contribution < 1.29 is 28.8 Å². The van der Waals surface area contributed by atoms with Crippen LogP contribution in [0.4, 0.5) is 0 Å². The van der Waals surface area contributed by atoms with Crippen molar-refractivity contribution in [2.24, 2.45) is 5.92 Å². The molecule has 0 aliphatic carbocycles. The van der Waals surface area contributed by atoms with Crippen LogP contribution in [-0.2, 0) is 6.54 Å². The Morgan fingerprint density at radius 1 is 0.917 bits per heavy atom. The topological polar surface area (TPSA) is 72.9 Å². The van der Waals surface area contributed by atoms with Crippen LogP contribution in [0.25, 0.3) is 0 Å². The number of hydrogen-bond acceptors (Lipinski definition) is 8. The summed E-state index contributed by atoms with van der Waals surface area (Å²) in [6.45, 7) is 7.51. The van der Waals surface area contributed by atoms with Gasteiger partial charge in [0.25, 0.3) is 0 Å². The van der Waals surface area contributed by atoms with Crippen LogP contribution >= 0.6 is 0 Å². The Morgan fingerprint density at radius 2 is 1.58 bits per heavy atom. The molecule has 1 saturated heterocycles. The summed E-state index contributed by atoms with van der Waals surface area (Å²) in [7, 11) is 6.80. The highest BCUT2D eigenvalue weighted by atomic mass is 16.5. The maximum absolute atomic E-state index is 10.5. The van der Waals surface area contributed by atoms with Gasteiger partial charge in [0, 0.05) is 25.7 Å². The SMILES string of the molecule is COc1ccc(OCC(O)CN(C)Cc2ccc(OCCN3CCC(C)CC3)c(OC)c2)cc1OC. The Labute approximate surface area is 215 Å². The molecule has 36 heavy (non-hydrogen) atoms. The lowest BCUT2D eigenvalue weighted by atomic mass is 9.99. The van der Waals surface area contributed by atoms with Crippen molar-refractivity contribution in [1.82, 2.24) is 9.80 Å². The number of likely N-dealkylation sites (N-methyl/N-ethyl adjacent to an activating group) is 1. The largest absolute Gasteiger partial charge is 0.493 e. The van der Waals surface area contributed by atoms with E-state index in [0.29, 0.717) is 36.9 Å². The van der Waals surface area contributed by atoms with Gasteiger partial charge in [0.2, 0.25) is 0 Å². The van der Waals surface area contributed by atoms with Crippen LogP contribution in [0.2, 0.25) is 0 Å². The minimum absolute atomic E-state index is 0.172. The number of rotatable bonds is 14. The second kappa shape index (κ2) is 14.2. The Kier molecular flexibility index (Phi) is 11.0. The van der Waals surface area contributed by atoms with E-state index < -0.39 is 6.10 Å². The van der Waals surface area contributed by atoms with E-state index in [9.17, 15) is 5.11 Å². The first-order valence-electron chi connectivity index (χ1n) is 12.6. The van der Waals surface area contributed by atoms with E-state index in [4.69, 9.17) is 23.7 Å². The number of aliphatic hydroxyl groups is 1. The second-order valence-electron chi connectivity index (χ2n) is 9.54. The number of aliphatic hydroxyl groups excluding tert-OH is 1. The summed E-state index contributed by atoms with van der Waals surface area (Å²) in [5.74, 6) is 4.16. The fourth-order valence-electron chi connectivity index (χ4n) is 4.39. The van der Waals surface area contributed by atoms with Gasteiger partial charge in [-0.25, -0.2) is 0 Å². The fourth-order valence-corrected chi connectivity index (χ4v) is 4.39. The van der Waals surface area contributed by atoms with Crippen molar-refractivity contribution in [3.63, 3.8) is 0 Å². The third-order valence-corrected chi connectivity index (χ3v) is 6.54. The Hall–Kier alpha value is -2.68. The van der Waals surface area contributed by atoms with Gasteiger partial charge in [0.1, 0.15) is 25.1 Å². The summed E-state index contributed by atoms with van der Waals surface area (Å²) in [6.07, 6.45) is 1.89. The highest BCUT2D eigenvalue weighted by Crippen LogP contribution is 2.31. The summed E-state index contributed by atoms with van der Waals surface area (Å²) in [6, 6.07) is 11.3. The van der Waals surface area contributed by atoms with Crippen molar-refractivity contribution in [2.45, 2.75) is 32.4 Å². The molecule has 1 N–H and O–H groups in total. The summed E-state index contributed by atoms with van der Waals surface area (Å²) in [5, 5.41) is 10.5. The molecule has 1 fully saturated rings. The summed E-state index contributed by atoms with van der Waals surface area (Å²) in [4.78, 5) is 4.52. The van der Waals surface area contributed by atoms with Gasteiger partial charge in [0.05, 0.1) is 21.3 Å². The van der Waals surface area contributed by atoms with E-state index in [1.54, 1.807) is 39.5 Å². The van der Waals surface area contributed by atoms with Crippen LogP contribution in [0.1, 0.15) is 25.3 Å². The molecule has 1 unspecified atom stereocenters. The molecule has 0 spiro atoms. The molecule has 0 aromatic heterocycles. The monoisotopic (exact) mass is 502 g/mol. The number of piperidine rings is 1. The first kappa shape index (κ1) is 27.9. The van der Waals surface area contributed by atoms with Gasteiger partial charge in [-0.2, -0.15) is 0 Å². The predicted octanol–water partition coefficient (Wildman–Crippen LogP) is 3.69. The van der Waals surface area contributed by atoms with Gasteiger partial charge in [-0.3, -0.25) is 9.80 Å². The summed E-state index contributed by atoms with van der Waals surface area (Å²) >= 11 is 0. The van der Waals surface area contributed by atoms with E-state index in [1.807, 2.05) is 25.2 Å². The molecule has 8 nitrogen and oxygen atoms in total. The van der Waals surface area contributed by atoms with Gasteiger partial charge in [-0.05, 0) is 68.7 Å². The summed E-state index contributed by atoms with van der Waals surface area (Å²) < 4.78 is 27.9. The lowest BCUT2D eigenvalue weighted by Gasteiger charge is -2.30. The molecule has 3 rings (SSSR count). The zero-order valence-electron chi connectivity index (χ0n) is 22.4. The minimum Gasteiger partial charge on any atom is -0.493 e. The van der Waals surface area contributed by atoms with Crippen LogP contribution in [0, 0.1) is 5.92 Å². The zero-order valence-corrected chi connectivity index (χ0v) is 22.4. The van der Waals surface area contributed by atoms with E-state index >= 15 is 0 Å². The molecule has 0 saturated carbocycles. The smallest absolute Gasteiger partial charge is 0.164 e. The number of ether oxygens (including phenoxy) is 5. The van der Waals surface area contributed by atoms with Crippen molar-refractivity contribution >= 4 is 0 Å². The lowest BCUT2D eigenvalue weighted by molar-refractivity contribution is 0.0742. The Morgan fingerprint density at radius 3 is 2.28 bits per heavy atom. The Bertz CT molecular complexity index is 932. The number of methoxy groups -OCH3 is 3. The van der Waals surface area contributed by atoms with Crippen molar-refractivity contribution in [2.75, 3.05) is 67.8 Å². The van der Waals surface area contributed by atoms with Gasteiger partial charge < -0.3 is 28.8 Å². The van der Waals surface area contributed by atoms with E-state index in [-0.39, 0.29) is 6.61 Å². The van der Waals surface area contributed by atoms with Crippen LogP contribution in [0.3, 0.4) is 0 Å². The van der Waals surface area contributed by atoms with Crippen molar-refractivity contribution in [3.05, 3.63) is 42.0 Å². The molecule has 1 aliphatic heterocycles. The quantitative estimate of drug-likeness (QED) is 0.419. The van der Waals surface area contributed by atoms with Crippen LogP contribution in [0.15, 0.2) is 36.4 Å². The van der Waals surface area contributed by atoms with Crippen LogP contribution in [-0.4, -0.2) is 88.8 Å². The van der Waals surface area contributed by atoms with Crippen molar-refractivity contribution in [1.29, 1.82) is 0 Å². The molecule has 0 bridgehead atoms.